The van der Waals surface area contributed by atoms with Gasteiger partial charge in [-0.2, -0.15) is 5.10 Å². The molecule has 3 aromatic heterocycles. The van der Waals surface area contributed by atoms with Gasteiger partial charge in [-0.15, -0.1) is 0 Å². The molecule has 1 unspecified atom stereocenters. The Morgan fingerprint density at radius 3 is 3.00 bits per heavy atom. The zero-order chi connectivity index (χ0) is 17.9. The van der Waals surface area contributed by atoms with Crippen molar-refractivity contribution in [1.82, 2.24) is 30.0 Å². The third-order valence-corrected chi connectivity index (χ3v) is 4.72. The first kappa shape index (κ1) is 16.4. The fraction of sp³-hybridized carbons (Fsp3) is 0.316. The van der Waals surface area contributed by atoms with Gasteiger partial charge in [0.2, 0.25) is 0 Å². The van der Waals surface area contributed by atoms with Crippen molar-refractivity contribution >= 4 is 5.91 Å². The first-order valence-electron chi connectivity index (χ1n) is 8.73. The highest BCUT2D eigenvalue weighted by Crippen LogP contribution is 2.22. The highest BCUT2D eigenvalue weighted by atomic mass is 16.2. The number of nitrogens with one attached hydrogen (secondary N) is 1. The Bertz CT molecular complexity index is 907. The molecule has 0 aliphatic carbocycles. The Morgan fingerprint density at radius 1 is 1.31 bits per heavy atom. The average molecular weight is 348 g/mol. The lowest BCUT2D eigenvalue weighted by molar-refractivity contribution is 0.0780. The number of pyridine rings is 2. The normalized spacial score (nSPS) is 16.8. The monoisotopic (exact) mass is 348 g/mol. The van der Waals surface area contributed by atoms with Gasteiger partial charge in [-0.05, 0) is 43.0 Å². The summed E-state index contributed by atoms with van der Waals surface area (Å²) >= 11 is 0. The van der Waals surface area contributed by atoms with E-state index in [0.29, 0.717) is 17.4 Å². The summed E-state index contributed by atoms with van der Waals surface area (Å²) in [6, 6.07) is 7.57. The third kappa shape index (κ3) is 3.33. The van der Waals surface area contributed by atoms with Crippen LogP contribution in [0.5, 0.6) is 0 Å². The van der Waals surface area contributed by atoms with Crippen molar-refractivity contribution in [3.05, 3.63) is 59.9 Å². The molecule has 1 atom stereocenters. The van der Waals surface area contributed by atoms with Gasteiger partial charge < -0.3 is 4.90 Å². The lowest BCUT2D eigenvalue weighted by atomic mass is 10.0. The highest BCUT2D eigenvalue weighted by molar-refractivity contribution is 5.93. The number of H-pyrrole nitrogens is 1. The number of amides is 1. The lowest BCUT2D eigenvalue weighted by Crippen LogP contribution is -2.30. The van der Waals surface area contributed by atoms with Crippen molar-refractivity contribution in [1.29, 1.82) is 0 Å². The molecule has 7 nitrogen and oxygen atoms in total. The van der Waals surface area contributed by atoms with E-state index in [1.54, 1.807) is 18.6 Å². The molecule has 3 aromatic rings. The van der Waals surface area contributed by atoms with Crippen LogP contribution in [0.1, 0.15) is 28.3 Å². The van der Waals surface area contributed by atoms with Crippen LogP contribution in [-0.4, -0.2) is 49.0 Å². The molecule has 132 valence electrons. The van der Waals surface area contributed by atoms with E-state index < -0.39 is 0 Å². The Labute approximate surface area is 151 Å². The topological polar surface area (TPSA) is 87.7 Å². The summed E-state index contributed by atoms with van der Waals surface area (Å²) < 4.78 is 0. The van der Waals surface area contributed by atoms with Crippen molar-refractivity contribution in [2.45, 2.75) is 19.8 Å². The van der Waals surface area contributed by atoms with Crippen molar-refractivity contribution in [3.8, 4) is 11.4 Å². The van der Waals surface area contributed by atoms with Crippen molar-refractivity contribution in [3.63, 3.8) is 0 Å². The molecule has 1 N–H and O–H groups in total. The summed E-state index contributed by atoms with van der Waals surface area (Å²) in [6.07, 6.45) is 6.88. The summed E-state index contributed by atoms with van der Waals surface area (Å²) in [5, 5.41) is 7.29. The molecule has 4 rings (SSSR count). The van der Waals surface area contributed by atoms with Crippen LogP contribution in [0.2, 0.25) is 0 Å². The molecule has 1 saturated heterocycles. The molecule has 7 heteroatoms. The minimum Gasteiger partial charge on any atom is -0.337 e. The number of nitrogens with zero attached hydrogens (tertiary/aromatic N) is 5. The van der Waals surface area contributed by atoms with Gasteiger partial charge in [0.25, 0.3) is 5.91 Å². The summed E-state index contributed by atoms with van der Waals surface area (Å²) in [7, 11) is 0. The Hall–Kier alpha value is -3.09. The highest BCUT2D eigenvalue weighted by Gasteiger charge is 2.29. The third-order valence-electron chi connectivity index (χ3n) is 4.72. The molecule has 0 saturated carbocycles. The quantitative estimate of drug-likeness (QED) is 0.781. The van der Waals surface area contributed by atoms with Crippen LogP contribution in [0.4, 0.5) is 0 Å². The molecule has 1 amide bonds. The number of aromatic amines is 1. The molecule has 4 heterocycles. The van der Waals surface area contributed by atoms with Gasteiger partial charge in [-0.1, -0.05) is 6.07 Å². The molecule has 0 spiro atoms. The molecule has 0 radical (unpaired) electrons. The number of likely N-dealkylation sites (tertiary alicyclic amines) is 1. The van der Waals surface area contributed by atoms with Crippen LogP contribution in [0, 0.1) is 12.8 Å². The fourth-order valence-corrected chi connectivity index (χ4v) is 3.33. The second-order valence-electron chi connectivity index (χ2n) is 6.63. The number of hydrogen-bond acceptors (Lipinski definition) is 5. The van der Waals surface area contributed by atoms with E-state index in [4.69, 9.17) is 0 Å². The van der Waals surface area contributed by atoms with E-state index in [-0.39, 0.29) is 5.91 Å². The summed E-state index contributed by atoms with van der Waals surface area (Å²) in [5.74, 6) is 1.89. The van der Waals surface area contributed by atoms with Gasteiger partial charge in [-0.3, -0.25) is 19.9 Å². The Kier molecular flexibility index (Phi) is 4.43. The van der Waals surface area contributed by atoms with E-state index in [1.807, 2.05) is 36.1 Å². The molecule has 0 aromatic carbocycles. The lowest BCUT2D eigenvalue weighted by Gasteiger charge is -2.16. The predicted molar refractivity (Wildman–Crippen MR) is 96.3 cm³/mol. The van der Waals surface area contributed by atoms with E-state index in [2.05, 4.69) is 25.1 Å². The molecule has 1 aliphatic heterocycles. The van der Waals surface area contributed by atoms with Crippen LogP contribution >= 0.6 is 0 Å². The summed E-state index contributed by atoms with van der Waals surface area (Å²) in [6.45, 7) is 3.39. The number of carbonyl (C=O) groups is 1. The number of hydrogen-bond donors (Lipinski definition) is 1. The smallest absolute Gasteiger partial charge is 0.272 e. The van der Waals surface area contributed by atoms with Crippen LogP contribution < -0.4 is 0 Å². The maximum Gasteiger partial charge on any atom is 0.272 e. The van der Waals surface area contributed by atoms with Crippen LogP contribution in [0.3, 0.4) is 0 Å². The maximum atomic E-state index is 12.7. The zero-order valence-electron chi connectivity index (χ0n) is 14.6. The van der Waals surface area contributed by atoms with Gasteiger partial charge >= 0.3 is 0 Å². The average Bonchev–Trinajstić information content (AvgIpc) is 3.32. The van der Waals surface area contributed by atoms with Crippen molar-refractivity contribution in [2.24, 2.45) is 5.92 Å². The van der Waals surface area contributed by atoms with Crippen molar-refractivity contribution < 1.29 is 4.79 Å². The molecule has 26 heavy (non-hydrogen) atoms. The predicted octanol–water partition coefficient (Wildman–Crippen LogP) is 2.27. The van der Waals surface area contributed by atoms with Crippen LogP contribution in [-0.2, 0) is 6.42 Å². The molecular formula is C19H20N6O. The number of rotatable bonds is 4. The fourth-order valence-electron chi connectivity index (χ4n) is 3.33. The van der Waals surface area contributed by atoms with Crippen molar-refractivity contribution in [2.75, 3.05) is 13.1 Å². The first-order chi connectivity index (χ1) is 12.7. The van der Waals surface area contributed by atoms with E-state index in [9.17, 15) is 4.79 Å². The van der Waals surface area contributed by atoms with E-state index >= 15 is 0 Å². The number of aryl methyl sites for hydroxylation is 1. The second-order valence-corrected chi connectivity index (χ2v) is 6.63. The number of aromatic nitrogens is 5. The maximum absolute atomic E-state index is 12.7. The Morgan fingerprint density at radius 2 is 2.19 bits per heavy atom. The van der Waals surface area contributed by atoms with Crippen LogP contribution in [0.15, 0.2) is 42.9 Å². The summed E-state index contributed by atoms with van der Waals surface area (Å²) in [4.78, 5) is 27.5. The van der Waals surface area contributed by atoms with Gasteiger partial charge in [0, 0.05) is 43.7 Å². The second kappa shape index (κ2) is 7.03. The minimum absolute atomic E-state index is 0.0132. The van der Waals surface area contributed by atoms with E-state index in [0.717, 1.165) is 42.9 Å². The summed E-state index contributed by atoms with van der Waals surface area (Å²) in [5.41, 5.74) is 2.35. The van der Waals surface area contributed by atoms with Gasteiger partial charge in [0.1, 0.15) is 11.5 Å². The zero-order valence-corrected chi connectivity index (χ0v) is 14.6. The van der Waals surface area contributed by atoms with Gasteiger partial charge in [0.05, 0.1) is 0 Å². The molecule has 0 bridgehead atoms. The van der Waals surface area contributed by atoms with Crippen LogP contribution in [0.25, 0.3) is 11.4 Å². The largest absolute Gasteiger partial charge is 0.337 e. The Balaban J connectivity index is 1.40. The molecule has 1 fully saturated rings. The SMILES string of the molecule is Cc1cccnc1C(=O)N1CCC(Cc2nc(-c3cccnc3)n[nH]2)C1. The molecule has 1 aliphatic rings. The minimum atomic E-state index is 0.0132. The molecular weight excluding hydrogens is 328 g/mol. The number of carbonyl (C=O) groups excluding carboxylic acids is 1. The van der Waals surface area contributed by atoms with Gasteiger partial charge in [-0.25, -0.2) is 4.98 Å². The van der Waals surface area contributed by atoms with Gasteiger partial charge in [0.15, 0.2) is 5.82 Å². The standard InChI is InChI=1S/C19H20N6O/c1-13-4-2-8-21-17(13)19(26)25-9-6-14(12-25)10-16-22-18(24-23-16)15-5-3-7-20-11-15/h2-5,7-8,11,14H,6,9-10,12H2,1H3,(H,22,23,24). The first-order valence-corrected chi connectivity index (χ1v) is 8.73. The van der Waals surface area contributed by atoms with E-state index in [1.165, 1.54) is 0 Å².